The average Bonchev–Trinajstić information content (AvgIpc) is 3.34. The second-order valence-electron chi connectivity index (χ2n) is 9.10. The van der Waals surface area contributed by atoms with Gasteiger partial charge in [0.2, 0.25) is 0 Å². The summed E-state index contributed by atoms with van der Waals surface area (Å²) in [7, 11) is 0. The minimum Gasteiger partial charge on any atom is -0.465 e. The topological polar surface area (TPSA) is 59.7 Å². The monoisotopic (exact) mass is 466 g/mol. The van der Waals surface area contributed by atoms with Crippen LogP contribution in [0.15, 0.2) is 85.2 Å². The number of carbonyl (C=O) groups excluding carboxylic acids is 1. The highest BCUT2D eigenvalue weighted by Crippen LogP contribution is 2.33. The van der Waals surface area contributed by atoms with Crippen LogP contribution in [0.2, 0.25) is 0 Å². The van der Waals surface area contributed by atoms with E-state index >= 15 is 0 Å². The molecule has 5 rings (SSSR count). The van der Waals surface area contributed by atoms with E-state index in [1.54, 1.807) is 6.20 Å². The van der Waals surface area contributed by atoms with Gasteiger partial charge >= 0.3 is 5.97 Å². The van der Waals surface area contributed by atoms with Gasteiger partial charge in [0.15, 0.2) is 5.65 Å². The highest BCUT2D eigenvalue weighted by atomic mass is 16.5. The second-order valence-corrected chi connectivity index (χ2v) is 9.10. The van der Waals surface area contributed by atoms with Crippen molar-refractivity contribution in [1.29, 1.82) is 0 Å². The van der Waals surface area contributed by atoms with E-state index in [1.807, 2.05) is 67.0 Å². The number of carbonyl (C=O) groups is 1. The first-order valence-electron chi connectivity index (χ1n) is 12.1. The van der Waals surface area contributed by atoms with E-state index in [9.17, 15) is 4.79 Å². The maximum atomic E-state index is 13.3. The average molecular weight is 467 g/mol. The van der Waals surface area contributed by atoms with Crippen LogP contribution in [0.1, 0.15) is 37.1 Å². The molecule has 3 heterocycles. The van der Waals surface area contributed by atoms with Crippen LogP contribution in [0, 0.1) is 0 Å². The number of esters is 1. The summed E-state index contributed by atoms with van der Waals surface area (Å²) >= 11 is 0. The minimum absolute atomic E-state index is 0.260. The predicted molar refractivity (Wildman–Crippen MR) is 138 cm³/mol. The zero-order chi connectivity index (χ0) is 24.3. The molecule has 1 atom stereocenters. The summed E-state index contributed by atoms with van der Waals surface area (Å²) in [4.78, 5) is 20.3. The molecule has 0 amide bonds. The lowest BCUT2D eigenvalue weighted by atomic mass is 9.80. The van der Waals surface area contributed by atoms with Crippen LogP contribution in [0.3, 0.4) is 0 Å². The Morgan fingerprint density at radius 3 is 2.49 bits per heavy atom. The highest BCUT2D eigenvalue weighted by Gasteiger charge is 2.40. The van der Waals surface area contributed by atoms with Crippen LogP contribution in [0.4, 0.5) is 5.69 Å². The standard InChI is InChI=1S/C29H30N4O2/c1-3-35-28(34)29(2,20-22-10-6-4-7-11-22)26-14-17-30-27-25(21-31-33(26)27)23-15-18-32(19-16-23)24-12-8-5-9-13-24/h4-15,17,21H,3,16,18-20H2,1-2H3. The van der Waals surface area contributed by atoms with Crippen LogP contribution >= 0.6 is 0 Å². The van der Waals surface area contributed by atoms with Crippen LogP contribution in [-0.2, 0) is 21.4 Å². The summed E-state index contributed by atoms with van der Waals surface area (Å²) in [6.45, 7) is 5.87. The molecular formula is C29H30N4O2. The van der Waals surface area contributed by atoms with Gasteiger partial charge in [-0.05, 0) is 56.0 Å². The van der Waals surface area contributed by atoms with E-state index in [1.165, 1.54) is 11.3 Å². The lowest BCUT2D eigenvalue weighted by Crippen LogP contribution is -2.38. The van der Waals surface area contributed by atoms with E-state index in [4.69, 9.17) is 9.84 Å². The maximum Gasteiger partial charge on any atom is 0.318 e. The van der Waals surface area contributed by atoms with Gasteiger partial charge in [0, 0.05) is 30.5 Å². The molecule has 0 fully saturated rings. The number of aromatic nitrogens is 3. The number of nitrogens with zero attached hydrogens (tertiary/aromatic N) is 4. The molecular weight excluding hydrogens is 436 g/mol. The van der Waals surface area contributed by atoms with Gasteiger partial charge in [0.05, 0.1) is 18.5 Å². The summed E-state index contributed by atoms with van der Waals surface area (Å²) in [5.41, 5.74) is 5.19. The number of rotatable bonds is 7. The van der Waals surface area contributed by atoms with E-state index in [0.717, 1.165) is 42.0 Å². The molecule has 2 aromatic carbocycles. The number of hydrogen-bond acceptors (Lipinski definition) is 5. The van der Waals surface area contributed by atoms with Crippen molar-refractivity contribution in [3.63, 3.8) is 0 Å². The highest BCUT2D eigenvalue weighted by molar-refractivity contribution is 5.84. The summed E-state index contributed by atoms with van der Waals surface area (Å²) in [6, 6.07) is 22.4. The second kappa shape index (κ2) is 9.74. The number of ether oxygens (including phenoxy) is 1. The molecule has 1 aliphatic heterocycles. The van der Waals surface area contributed by atoms with Crippen molar-refractivity contribution >= 4 is 22.9 Å². The third-order valence-electron chi connectivity index (χ3n) is 6.77. The van der Waals surface area contributed by atoms with Gasteiger partial charge in [-0.2, -0.15) is 5.10 Å². The van der Waals surface area contributed by atoms with Crippen molar-refractivity contribution in [2.75, 3.05) is 24.6 Å². The van der Waals surface area contributed by atoms with E-state index in [0.29, 0.717) is 13.0 Å². The largest absolute Gasteiger partial charge is 0.465 e. The summed E-state index contributed by atoms with van der Waals surface area (Å²) in [5.74, 6) is -0.260. The molecule has 0 N–H and O–H groups in total. The van der Waals surface area contributed by atoms with Gasteiger partial charge in [-0.3, -0.25) is 4.79 Å². The number of fused-ring (bicyclic) bond motifs is 1. The van der Waals surface area contributed by atoms with Crippen molar-refractivity contribution in [3.8, 4) is 0 Å². The van der Waals surface area contributed by atoms with Gasteiger partial charge in [-0.15, -0.1) is 0 Å². The molecule has 178 valence electrons. The summed E-state index contributed by atoms with van der Waals surface area (Å²) in [6.07, 6.45) is 7.33. The SMILES string of the molecule is CCOC(=O)C(C)(Cc1ccccc1)c1ccnc2c(C3=CCN(c4ccccc4)CC3)cnn12. The molecule has 0 aliphatic carbocycles. The Bertz CT molecular complexity index is 1350. The molecule has 35 heavy (non-hydrogen) atoms. The first-order valence-corrected chi connectivity index (χ1v) is 12.1. The Morgan fingerprint density at radius 1 is 1.06 bits per heavy atom. The Hall–Kier alpha value is -3.93. The molecule has 1 aliphatic rings. The quantitative estimate of drug-likeness (QED) is 0.355. The molecule has 0 spiro atoms. The van der Waals surface area contributed by atoms with E-state index < -0.39 is 5.41 Å². The summed E-state index contributed by atoms with van der Waals surface area (Å²) in [5, 5.41) is 4.71. The Balaban J connectivity index is 1.51. The molecule has 1 unspecified atom stereocenters. The van der Waals surface area contributed by atoms with Crippen LogP contribution < -0.4 is 4.90 Å². The third kappa shape index (κ3) is 4.44. The smallest absolute Gasteiger partial charge is 0.318 e. The van der Waals surface area contributed by atoms with Crippen molar-refractivity contribution < 1.29 is 9.53 Å². The third-order valence-corrected chi connectivity index (χ3v) is 6.77. The van der Waals surface area contributed by atoms with Crippen LogP contribution in [0.25, 0.3) is 11.2 Å². The van der Waals surface area contributed by atoms with Gasteiger partial charge < -0.3 is 9.64 Å². The molecule has 0 saturated heterocycles. The Labute approximate surface area is 205 Å². The number of para-hydroxylation sites is 1. The van der Waals surface area contributed by atoms with Crippen molar-refractivity contribution in [3.05, 3.63) is 102 Å². The normalized spacial score (nSPS) is 15.5. The Morgan fingerprint density at radius 2 is 1.80 bits per heavy atom. The van der Waals surface area contributed by atoms with Crippen molar-refractivity contribution in [1.82, 2.24) is 14.6 Å². The lowest BCUT2D eigenvalue weighted by Gasteiger charge is -2.29. The zero-order valence-electron chi connectivity index (χ0n) is 20.2. The van der Waals surface area contributed by atoms with Gasteiger partial charge in [0.25, 0.3) is 0 Å². The fraction of sp³-hybridized carbons (Fsp3) is 0.276. The number of hydrogen-bond donors (Lipinski definition) is 0. The lowest BCUT2D eigenvalue weighted by molar-refractivity contribution is -0.149. The molecule has 2 aromatic heterocycles. The predicted octanol–water partition coefficient (Wildman–Crippen LogP) is 5.09. The Kier molecular flexibility index (Phi) is 6.36. The minimum atomic E-state index is -0.910. The van der Waals surface area contributed by atoms with Gasteiger partial charge in [-0.25, -0.2) is 9.50 Å². The number of anilines is 1. The fourth-order valence-electron chi connectivity index (χ4n) is 4.88. The number of benzene rings is 2. The van der Waals surface area contributed by atoms with Crippen molar-refractivity contribution in [2.24, 2.45) is 0 Å². The first-order chi connectivity index (χ1) is 17.1. The molecule has 0 bridgehead atoms. The molecule has 6 nitrogen and oxygen atoms in total. The fourth-order valence-corrected chi connectivity index (χ4v) is 4.88. The van der Waals surface area contributed by atoms with Crippen LogP contribution in [0.5, 0.6) is 0 Å². The first kappa shape index (κ1) is 22.8. The zero-order valence-corrected chi connectivity index (χ0v) is 20.2. The van der Waals surface area contributed by atoms with Crippen LogP contribution in [-0.4, -0.2) is 40.3 Å². The maximum absolute atomic E-state index is 13.3. The molecule has 0 saturated carbocycles. The van der Waals surface area contributed by atoms with E-state index in [2.05, 4.69) is 40.2 Å². The van der Waals surface area contributed by atoms with E-state index in [-0.39, 0.29) is 5.97 Å². The van der Waals surface area contributed by atoms with Gasteiger partial charge in [-0.1, -0.05) is 54.6 Å². The van der Waals surface area contributed by atoms with Crippen molar-refractivity contribution in [2.45, 2.75) is 32.1 Å². The molecule has 4 aromatic rings. The van der Waals surface area contributed by atoms with Gasteiger partial charge in [0.1, 0.15) is 5.41 Å². The summed E-state index contributed by atoms with van der Waals surface area (Å²) < 4.78 is 7.36. The molecule has 6 heteroatoms. The molecule has 0 radical (unpaired) electrons.